The topological polar surface area (TPSA) is 38.8 Å². The highest BCUT2D eigenvalue weighted by molar-refractivity contribution is 6.22. The fraction of sp³-hybridized carbons (Fsp3) is 0.381. The minimum atomic E-state index is -6.01. The lowest BCUT2D eigenvalue weighted by Gasteiger charge is -2.35. The van der Waals surface area contributed by atoms with E-state index in [1.54, 1.807) is 0 Å². The minimum absolute atomic E-state index is 0.0402. The number of fused-ring (bicyclic) bond motifs is 1. The van der Waals surface area contributed by atoms with Crippen molar-refractivity contribution in [2.45, 2.75) is 36.2 Å². The van der Waals surface area contributed by atoms with Crippen molar-refractivity contribution < 1.29 is 40.6 Å². The quantitative estimate of drug-likeness (QED) is 0.294. The van der Waals surface area contributed by atoms with Crippen molar-refractivity contribution in [2.75, 3.05) is 13.7 Å². The number of nitrogens with zero attached hydrogens (tertiary/aromatic N) is 1. The van der Waals surface area contributed by atoms with E-state index in [2.05, 4.69) is 11.6 Å². The molecule has 174 valence electrons. The van der Waals surface area contributed by atoms with Crippen molar-refractivity contribution in [3.05, 3.63) is 65.4 Å². The molecule has 2 aliphatic rings. The average Bonchev–Trinajstić information content (AvgIpc) is 3.09. The Morgan fingerprint density at radius 3 is 2.25 bits per heavy atom. The van der Waals surface area contributed by atoms with Gasteiger partial charge in [0.15, 0.2) is 0 Å². The van der Waals surface area contributed by atoms with Crippen LogP contribution in [0, 0.1) is 0 Å². The number of carbonyl (C=O) groups is 1. The number of ether oxygens (including phenoxy) is 2. The van der Waals surface area contributed by atoms with Crippen LogP contribution in [0.15, 0.2) is 59.8 Å². The number of allylic oxidation sites excluding steroid dienone is 2. The van der Waals surface area contributed by atoms with Gasteiger partial charge in [-0.2, -0.15) is 26.3 Å². The minimum Gasteiger partial charge on any atom is -0.497 e. The maximum atomic E-state index is 15.3. The molecule has 1 aromatic carbocycles. The van der Waals surface area contributed by atoms with Crippen molar-refractivity contribution in [1.82, 2.24) is 4.90 Å². The molecule has 2 unspecified atom stereocenters. The van der Waals surface area contributed by atoms with Gasteiger partial charge in [0.25, 0.3) is 0 Å². The molecule has 0 fully saturated rings. The molecule has 3 rings (SSSR count). The molecule has 0 saturated heterocycles. The van der Waals surface area contributed by atoms with E-state index in [0.717, 1.165) is 0 Å². The molecule has 4 nitrogen and oxygen atoms in total. The molecule has 0 aliphatic carbocycles. The molecule has 1 aromatic rings. The number of esters is 1. The molecule has 11 heteroatoms. The van der Waals surface area contributed by atoms with Crippen molar-refractivity contribution in [3.8, 4) is 5.75 Å². The summed E-state index contributed by atoms with van der Waals surface area (Å²) in [7, 11) is 1.36. The number of benzene rings is 1. The summed E-state index contributed by atoms with van der Waals surface area (Å²) in [5, 5.41) is -5.59. The van der Waals surface area contributed by atoms with Gasteiger partial charge in [-0.1, -0.05) is 24.3 Å². The SMILES string of the molecule is CCOC(=O)C1=C(C(F)(F)C(F)(F)C(F)(F)Cl)C(c2ccc(OC)cc2)N2C=CC=CC12. The van der Waals surface area contributed by atoms with Gasteiger partial charge in [-0.3, -0.25) is 0 Å². The van der Waals surface area contributed by atoms with E-state index in [4.69, 9.17) is 9.47 Å². The number of hydrogen-bond acceptors (Lipinski definition) is 4. The van der Waals surface area contributed by atoms with E-state index in [9.17, 15) is 22.4 Å². The molecule has 2 atom stereocenters. The summed E-state index contributed by atoms with van der Waals surface area (Å²) in [4.78, 5) is 13.8. The Balaban J connectivity index is 2.31. The molecule has 0 amide bonds. The molecular weight excluding hydrogens is 464 g/mol. The smallest absolute Gasteiger partial charge is 0.390 e. The largest absolute Gasteiger partial charge is 0.497 e. The summed E-state index contributed by atoms with van der Waals surface area (Å²) >= 11 is 4.40. The van der Waals surface area contributed by atoms with Crippen molar-refractivity contribution in [3.63, 3.8) is 0 Å². The van der Waals surface area contributed by atoms with Crippen LogP contribution in [0.1, 0.15) is 18.5 Å². The van der Waals surface area contributed by atoms with E-state index in [0.29, 0.717) is 5.75 Å². The van der Waals surface area contributed by atoms with Gasteiger partial charge in [0.1, 0.15) is 5.75 Å². The first-order valence-corrected chi connectivity index (χ1v) is 9.76. The number of hydrogen-bond donors (Lipinski definition) is 0. The first kappa shape index (κ1) is 24.0. The Morgan fingerprint density at radius 1 is 1.09 bits per heavy atom. The zero-order chi connectivity index (χ0) is 23.9. The van der Waals surface area contributed by atoms with Crippen molar-refractivity contribution >= 4 is 17.6 Å². The van der Waals surface area contributed by atoms with Gasteiger partial charge in [0, 0.05) is 11.8 Å². The fourth-order valence-corrected chi connectivity index (χ4v) is 3.83. The average molecular weight is 482 g/mol. The molecule has 2 heterocycles. The van der Waals surface area contributed by atoms with Crippen LogP contribution < -0.4 is 4.74 Å². The fourth-order valence-electron chi connectivity index (χ4n) is 3.71. The van der Waals surface area contributed by atoms with Gasteiger partial charge in [-0.25, -0.2) is 4.79 Å². The van der Waals surface area contributed by atoms with E-state index in [1.165, 1.54) is 67.6 Å². The highest BCUT2D eigenvalue weighted by atomic mass is 35.5. The van der Waals surface area contributed by atoms with Crippen LogP contribution in [0.4, 0.5) is 26.3 Å². The van der Waals surface area contributed by atoms with Crippen molar-refractivity contribution in [1.29, 1.82) is 0 Å². The van der Waals surface area contributed by atoms with Crippen LogP contribution in [0.25, 0.3) is 0 Å². The van der Waals surface area contributed by atoms with E-state index < -0.39 is 46.4 Å². The zero-order valence-electron chi connectivity index (χ0n) is 16.8. The van der Waals surface area contributed by atoms with E-state index >= 15 is 8.78 Å². The normalized spacial score (nSPS) is 21.1. The Hall–Kier alpha value is -2.62. The number of halogens is 7. The van der Waals surface area contributed by atoms with Gasteiger partial charge >= 0.3 is 23.2 Å². The molecule has 0 spiro atoms. The summed E-state index contributed by atoms with van der Waals surface area (Å²) < 4.78 is 96.1. The second-order valence-electron chi connectivity index (χ2n) is 6.99. The molecule has 32 heavy (non-hydrogen) atoms. The zero-order valence-corrected chi connectivity index (χ0v) is 17.6. The second-order valence-corrected chi connectivity index (χ2v) is 7.46. The molecule has 0 radical (unpaired) electrons. The molecule has 2 aliphatic heterocycles. The van der Waals surface area contributed by atoms with Crippen LogP contribution in [-0.4, -0.2) is 47.9 Å². The Labute approximate surface area is 184 Å². The van der Waals surface area contributed by atoms with Gasteiger partial charge in [0.2, 0.25) is 0 Å². The number of alkyl halides is 7. The molecule has 0 bridgehead atoms. The lowest BCUT2D eigenvalue weighted by molar-refractivity contribution is -0.265. The number of rotatable bonds is 7. The number of carbonyl (C=O) groups excluding carboxylic acids is 1. The molecule has 0 N–H and O–H groups in total. The van der Waals surface area contributed by atoms with Crippen molar-refractivity contribution in [2.24, 2.45) is 0 Å². The summed E-state index contributed by atoms with van der Waals surface area (Å²) in [6, 6.07) is 2.47. The van der Waals surface area contributed by atoms with Gasteiger partial charge in [0.05, 0.1) is 31.4 Å². The standard InChI is InChI=1S/C21H18ClF6NO3/c1-3-32-18(30)15-14-6-4-5-11-29(14)17(12-7-9-13(31-2)10-8-12)16(15)19(23,24)20(25,26)21(22,27)28/h4-11,14,17H,3H2,1-2H3. The van der Waals surface area contributed by atoms with Crippen LogP contribution >= 0.6 is 11.6 Å². The molecule has 0 saturated carbocycles. The maximum Gasteiger partial charge on any atom is 0.390 e. The highest BCUT2D eigenvalue weighted by Crippen LogP contribution is 2.58. The third kappa shape index (κ3) is 3.74. The van der Waals surface area contributed by atoms with Crippen LogP contribution in [0.3, 0.4) is 0 Å². The lowest BCUT2D eigenvalue weighted by Crippen LogP contribution is -2.53. The molecule has 0 aromatic heterocycles. The van der Waals surface area contributed by atoms with Gasteiger partial charge in [-0.15, -0.1) is 0 Å². The monoisotopic (exact) mass is 481 g/mol. The van der Waals surface area contributed by atoms with Gasteiger partial charge < -0.3 is 14.4 Å². The first-order chi connectivity index (χ1) is 14.9. The maximum absolute atomic E-state index is 15.3. The number of methoxy groups -OCH3 is 1. The van der Waals surface area contributed by atoms with Crippen LogP contribution in [-0.2, 0) is 9.53 Å². The summed E-state index contributed by atoms with van der Waals surface area (Å²) in [5.41, 5.74) is -2.31. The third-order valence-electron chi connectivity index (χ3n) is 5.16. The third-order valence-corrected chi connectivity index (χ3v) is 5.39. The van der Waals surface area contributed by atoms with Gasteiger partial charge in [-0.05, 0) is 42.3 Å². The second kappa shape index (κ2) is 8.38. The predicted octanol–water partition coefficient (Wildman–Crippen LogP) is 5.47. The summed E-state index contributed by atoms with van der Waals surface area (Å²) in [6.45, 7) is 1.14. The lowest BCUT2D eigenvalue weighted by atomic mass is 9.88. The Kier molecular flexibility index (Phi) is 6.29. The molecular formula is C21H18ClF6NO3. The van der Waals surface area contributed by atoms with E-state index in [1.807, 2.05) is 0 Å². The van der Waals surface area contributed by atoms with Crippen LogP contribution in [0.5, 0.6) is 5.75 Å². The van der Waals surface area contributed by atoms with E-state index in [-0.39, 0.29) is 12.2 Å². The summed E-state index contributed by atoms with van der Waals surface area (Å²) in [5.74, 6) is -12.5. The highest BCUT2D eigenvalue weighted by Gasteiger charge is 2.75. The predicted molar refractivity (Wildman–Crippen MR) is 104 cm³/mol. The summed E-state index contributed by atoms with van der Waals surface area (Å²) in [6.07, 6.45) is 5.47. The Bertz CT molecular complexity index is 969. The Morgan fingerprint density at radius 2 is 1.72 bits per heavy atom. The van der Waals surface area contributed by atoms with Crippen LogP contribution in [0.2, 0.25) is 0 Å². The first-order valence-electron chi connectivity index (χ1n) is 9.38.